The Hall–Kier alpha value is -0.570. The molecule has 0 saturated carbocycles. The van der Waals surface area contributed by atoms with Crippen molar-refractivity contribution in [2.75, 3.05) is 13.2 Å². The molecule has 2 nitrogen and oxygen atoms in total. The molecule has 1 aliphatic heterocycles. The Bertz CT molecular complexity index is 361. The summed E-state index contributed by atoms with van der Waals surface area (Å²) in [5.41, 5.74) is 7.14. The molecule has 1 unspecified atom stereocenters. The summed E-state index contributed by atoms with van der Waals surface area (Å²) in [6, 6.07) is 8.28. The molecule has 1 saturated heterocycles. The molecular weight excluding hydrogens is 222 g/mol. The van der Waals surface area contributed by atoms with Crippen molar-refractivity contribution in [3.05, 3.63) is 34.9 Å². The van der Waals surface area contributed by atoms with Gasteiger partial charge in [-0.05, 0) is 31.4 Å². The van der Waals surface area contributed by atoms with E-state index in [1.165, 1.54) is 5.56 Å². The molecule has 0 amide bonds. The highest BCUT2D eigenvalue weighted by Gasteiger charge is 2.41. The van der Waals surface area contributed by atoms with E-state index in [1.54, 1.807) is 0 Å². The van der Waals surface area contributed by atoms with Gasteiger partial charge in [0.1, 0.15) is 0 Å². The van der Waals surface area contributed by atoms with Gasteiger partial charge >= 0.3 is 0 Å². The zero-order valence-electron chi connectivity index (χ0n) is 9.58. The van der Waals surface area contributed by atoms with E-state index in [0.717, 1.165) is 31.1 Å². The van der Waals surface area contributed by atoms with Crippen LogP contribution < -0.4 is 5.73 Å². The van der Waals surface area contributed by atoms with Crippen molar-refractivity contribution < 1.29 is 4.74 Å². The number of halogens is 1. The van der Waals surface area contributed by atoms with Gasteiger partial charge in [0.2, 0.25) is 0 Å². The monoisotopic (exact) mass is 239 g/mol. The zero-order chi connectivity index (χ0) is 11.6. The minimum Gasteiger partial charge on any atom is -0.379 e. The van der Waals surface area contributed by atoms with Gasteiger partial charge in [-0.2, -0.15) is 0 Å². The maximum absolute atomic E-state index is 6.25. The molecule has 88 valence electrons. The van der Waals surface area contributed by atoms with Gasteiger partial charge in [0, 0.05) is 16.5 Å². The third-order valence-electron chi connectivity index (χ3n) is 3.28. The first-order chi connectivity index (χ1) is 7.64. The van der Waals surface area contributed by atoms with Gasteiger partial charge in [0.15, 0.2) is 0 Å². The number of nitrogens with two attached hydrogens (primary N) is 1. The maximum atomic E-state index is 6.25. The highest BCUT2D eigenvalue weighted by molar-refractivity contribution is 6.31. The van der Waals surface area contributed by atoms with Crippen LogP contribution in [0.25, 0.3) is 0 Å². The third kappa shape index (κ3) is 2.24. The molecule has 0 bridgehead atoms. The van der Waals surface area contributed by atoms with E-state index >= 15 is 0 Å². The predicted molar refractivity (Wildman–Crippen MR) is 66.8 cm³/mol. The molecule has 0 aliphatic carbocycles. The van der Waals surface area contributed by atoms with Crippen LogP contribution in [0.5, 0.6) is 0 Å². The van der Waals surface area contributed by atoms with Gasteiger partial charge in [-0.15, -0.1) is 0 Å². The summed E-state index contributed by atoms with van der Waals surface area (Å²) in [4.78, 5) is 0. The standard InChI is InChI=1S/C13H18ClNO/c1-10(15)6-7-13(8-16-9-13)11-4-2-3-5-12(11)14/h2-5,10H,6-9,15H2,1H3. The van der Waals surface area contributed by atoms with E-state index in [0.29, 0.717) is 0 Å². The predicted octanol–water partition coefficient (Wildman–Crippen LogP) is 2.74. The number of hydrogen-bond acceptors (Lipinski definition) is 2. The summed E-state index contributed by atoms with van der Waals surface area (Å²) >= 11 is 6.25. The first-order valence-corrected chi connectivity index (χ1v) is 6.10. The first kappa shape index (κ1) is 11.9. The molecule has 3 heteroatoms. The lowest BCUT2D eigenvalue weighted by Gasteiger charge is -2.43. The van der Waals surface area contributed by atoms with Crippen LogP contribution in [0.15, 0.2) is 24.3 Å². The molecule has 1 fully saturated rings. The van der Waals surface area contributed by atoms with Crippen molar-refractivity contribution >= 4 is 11.6 Å². The minimum absolute atomic E-state index is 0.103. The van der Waals surface area contributed by atoms with E-state index in [9.17, 15) is 0 Å². The second-order valence-electron chi connectivity index (χ2n) is 4.77. The number of benzene rings is 1. The molecule has 2 rings (SSSR count). The Kier molecular flexibility index (Phi) is 3.53. The molecule has 1 heterocycles. The highest BCUT2D eigenvalue weighted by Crippen LogP contribution is 2.40. The summed E-state index contributed by atoms with van der Waals surface area (Å²) in [5.74, 6) is 0. The van der Waals surface area contributed by atoms with E-state index in [2.05, 4.69) is 6.07 Å². The summed E-state index contributed by atoms with van der Waals surface area (Å²) in [5, 5.41) is 0.843. The van der Waals surface area contributed by atoms with Gasteiger partial charge < -0.3 is 10.5 Å². The number of hydrogen-bond donors (Lipinski definition) is 1. The van der Waals surface area contributed by atoms with Gasteiger partial charge in [-0.3, -0.25) is 0 Å². The average molecular weight is 240 g/mol. The highest BCUT2D eigenvalue weighted by atomic mass is 35.5. The molecule has 1 aromatic rings. The molecule has 0 radical (unpaired) electrons. The van der Waals surface area contributed by atoms with Crippen molar-refractivity contribution in [1.82, 2.24) is 0 Å². The van der Waals surface area contributed by atoms with Crippen molar-refractivity contribution in [3.8, 4) is 0 Å². The van der Waals surface area contributed by atoms with Crippen LogP contribution in [0.1, 0.15) is 25.3 Å². The van der Waals surface area contributed by atoms with Gasteiger partial charge in [-0.1, -0.05) is 29.8 Å². The topological polar surface area (TPSA) is 35.2 Å². The van der Waals surface area contributed by atoms with Crippen molar-refractivity contribution in [2.24, 2.45) is 5.73 Å². The summed E-state index contributed by atoms with van der Waals surface area (Å²) in [7, 11) is 0. The van der Waals surface area contributed by atoms with E-state index < -0.39 is 0 Å². The first-order valence-electron chi connectivity index (χ1n) is 5.72. The van der Waals surface area contributed by atoms with Gasteiger partial charge in [-0.25, -0.2) is 0 Å². The summed E-state index contributed by atoms with van der Waals surface area (Å²) in [6.45, 7) is 3.58. The lowest BCUT2D eigenvalue weighted by atomic mass is 9.74. The fourth-order valence-corrected chi connectivity index (χ4v) is 2.51. The third-order valence-corrected chi connectivity index (χ3v) is 3.61. The van der Waals surface area contributed by atoms with Crippen molar-refractivity contribution in [2.45, 2.75) is 31.2 Å². The van der Waals surface area contributed by atoms with Crippen LogP contribution in [-0.4, -0.2) is 19.3 Å². The quantitative estimate of drug-likeness (QED) is 0.877. The molecule has 1 aliphatic rings. The maximum Gasteiger partial charge on any atom is 0.0586 e. The molecular formula is C13H18ClNO. The smallest absolute Gasteiger partial charge is 0.0586 e. The van der Waals surface area contributed by atoms with Crippen LogP contribution >= 0.6 is 11.6 Å². The lowest BCUT2D eigenvalue weighted by molar-refractivity contribution is -0.0656. The second-order valence-corrected chi connectivity index (χ2v) is 5.18. The fraction of sp³-hybridized carbons (Fsp3) is 0.538. The molecule has 16 heavy (non-hydrogen) atoms. The summed E-state index contributed by atoms with van der Waals surface area (Å²) in [6.07, 6.45) is 2.06. The van der Waals surface area contributed by atoms with Crippen LogP contribution in [0.3, 0.4) is 0 Å². The van der Waals surface area contributed by atoms with E-state index in [1.807, 2.05) is 25.1 Å². The van der Waals surface area contributed by atoms with Crippen LogP contribution in [-0.2, 0) is 10.2 Å². The Morgan fingerprint density at radius 1 is 1.44 bits per heavy atom. The van der Waals surface area contributed by atoms with Crippen molar-refractivity contribution in [3.63, 3.8) is 0 Å². The molecule has 0 spiro atoms. The summed E-state index contributed by atoms with van der Waals surface area (Å²) < 4.78 is 5.38. The second kappa shape index (κ2) is 4.74. The van der Waals surface area contributed by atoms with E-state index in [-0.39, 0.29) is 11.5 Å². The van der Waals surface area contributed by atoms with Crippen LogP contribution in [0, 0.1) is 0 Å². The largest absolute Gasteiger partial charge is 0.379 e. The fourth-order valence-electron chi connectivity index (χ4n) is 2.18. The minimum atomic E-state index is 0.103. The van der Waals surface area contributed by atoms with Crippen molar-refractivity contribution in [1.29, 1.82) is 0 Å². The number of ether oxygens (including phenoxy) is 1. The van der Waals surface area contributed by atoms with E-state index in [4.69, 9.17) is 22.1 Å². The van der Waals surface area contributed by atoms with Crippen LogP contribution in [0.4, 0.5) is 0 Å². The van der Waals surface area contributed by atoms with Gasteiger partial charge in [0.05, 0.1) is 13.2 Å². The lowest BCUT2D eigenvalue weighted by Crippen LogP contribution is -2.47. The Labute approximate surface area is 102 Å². The molecule has 2 N–H and O–H groups in total. The Morgan fingerprint density at radius 3 is 2.62 bits per heavy atom. The zero-order valence-corrected chi connectivity index (χ0v) is 10.3. The molecule has 1 atom stereocenters. The average Bonchev–Trinajstić information content (AvgIpc) is 2.18. The van der Waals surface area contributed by atoms with Crippen LogP contribution in [0.2, 0.25) is 5.02 Å². The SMILES string of the molecule is CC(N)CCC1(c2ccccc2Cl)COC1. The Morgan fingerprint density at radius 2 is 2.12 bits per heavy atom. The Balaban J connectivity index is 2.18. The van der Waals surface area contributed by atoms with Gasteiger partial charge in [0.25, 0.3) is 0 Å². The molecule has 0 aromatic heterocycles. The number of rotatable bonds is 4. The normalized spacial score (nSPS) is 20.2. The molecule has 1 aromatic carbocycles.